The molecule has 0 radical (unpaired) electrons. The maximum atomic E-state index is 12.2. The van der Waals surface area contributed by atoms with Crippen molar-refractivity contribution in [2.75, 3.05) is 26.8 Å². The van der Waals surface area contributed by atoms with Crippen LogP contribution in [0.15, 0.2) is 28.7 Å². The lowest BCUT2D eigenvalue weighted by atomic mass is 9.99. The molecule has 1 saturated heterocycles. The van der Waals surface area contributed by atoms with Crippen LogP contribution in [0.1, 0.15) is 18.4 Å². The molecule has 0 aromatic heterocycles. The van der Waals surface area contributed by atoms with Gasteiger partial charge in [0.1, 0.15) is 0 Å². The van der Waals surface area contributed by atoms with Crippen LogP contribution in [0.25, 0.3) is 0 Å². The lowest BCUT2D eigenvalue weighted by molar-refractivity contribution is 0.122. The van der Waals surface area contributed by atoms with E-state index in [0.29, 0.717) is 13.2 Å². The molecule has 2 rings (SSSR count). The van der Waals surface area contributed by atoms with E-state index in [4.69, 9.17) is 4.74 Å². The number of nitrogens with one attached hydrogen (secondary N) is 2. The highest BCUT2D eigenvalue weighted by Crippen LogP contribution is 2.19. The molecule has 5 nitrogen and oxygen atoms in total. The van der Waals surface area contributed by atoms with E-state index in [1.54, 1.807) is 7.11 Å². The molecule has 1 heterocycles. The van der Waals surface area contributed by atoms with Gasteiger partial charge in [0, 0.05) is 18.1 Å². The minimum Gasteiger partial charge on any atom is -0.383 e. The van der Waals surface area contributed by atoms with Crippen molar-refractivity contribution in [3.63, 3.8) is 0 Å². The maximum absolute atomic E-state index is 12.2. The summed E-state index contributed by atoms with van der Waals surface area (Å²) in [6, 6.07) is 7.30. The number of hydrogen-bond acceptors (Lipinski definition) is 4. The van der Waals surface area contributed by atoms with Gasteiger partial charge in [-0.05, 0) is 37.1 Å². The van der Waals surface area contributed by atoms with Crippen LogP contribution in [0.2, 0.25) is 0 Å². The second kappa shape index (κ2) is 7.19. The van der Waals surface area contributed by atoms with Crippen LogP contribution in [0.3, 0.4) is 0 Å². The first kappa shape index (κ1) is 16.9. The predicted molar refractivity (Wildman–Crippen MR) is 86.6 cm³/mol. The smallest absolute Gasteiger partial charge is 0.215 e. The lowest BCUT2D eigenvalue weighted by Gasteiger charge is -2.28. The van der Waals surface area contributed by atoms with Gasteiger partial charge in [0.25, 0.3) is 0 Å². The number of sulfonamides is 1. The number of benzene rings is 1. The Kier molecular flexibility index (Phi) is 5.79. The second-order valence-corrected chi connectivity index (χ2v) is 8.17. The van der Waals surface area contributed by atoms with Crippen molar-refractivity contribution in [1.82, 2.24) is 10.0 Å². The highest BCUT2D eigenvalue weighted by molar-refractivity contribution is 9.10. The fraction of sp³-hybridized carbons (Fsp3) is 0.571. The zero-order chi connectivity index (χ0) is 15.3. The number of rotatable bonds is 7. The summed E-state index contributed by atoms with van der Waals surface area (Å²) in [6.07, 6.45) is 1.96. The Balaban J connectivity index is 1.95. The average molecular weight is 377 g/mol. The monoisotopic (exact) mass is 376 g/mol. The Bertz CT molecular complexity index is 554. The molecule has 1 atom stereocenters. The molecule has 1 aromatic rings. The lowest BCUT2D eigenvalue weighted by Crippen LogP contribution is -2.53. The van der Waals surface area contributed by atoms with Crippen molar-refractivity contribution in [2.24, 2.45) is 0 Å². The number of halogens is 1. The van der Waals surface area contributed by atoms with Crippen LogP contribution >= 0.6 is 15.9 Å². The van der Waals surface area contributed by atoms with Crippen molar-refractivity contribution in [1.29, 1.82) is 0 Å². The van der Waals surface area contributed by atoms with Crippen LogP contribution in [0.4, 0.5) is 0 Å². The Morgan fingerprint density at radius 3 is 2.67 bits per heavy atom. The standard InChI is InChI=1S/C14H21BrN2O3S/c1-20-11-14(7-2-8-16-14)10-17-21(18,19)9-12-3-5-13(15)6-4-12/h3-6,16-17H,2,7-11H2,1H3. The van der Waals surface area contributed by atoms with Crippen LogP contribution in [0.5, 0.6) is 0 Å². The number of ether oxygens (including phenoxy) is 1. The zero-order valence-electron chi connectivity index (χ0n) is 12.1. The molecule has 1 aromatic carbocycles. The summed E-state index contributed by atoms with van der Waals surface area (Å²) in [4.78, 5) is 0. The molecule has 1 aliphatic heterocycles. The Morgan fingerprint density at radius 2 is 2.10 bits per heavy atom. The molecule has 0 saturated carbocycles. The van der Waals surface area contributed by atoms with E-state index >= 15 is 0 Å². The average Bonchev–Trinajstić information content (AvgIpc) is 2.89. The molecular weight excluding hydrogens is 356 g/mol. The Labute approximate surface area is 134 Å². The largest absolute Gasteiger partial charge is 0.383 e. The first-order valence-corrected chi connectivity index (χ1v) is 9.35. The number of hydrogen-bond donors (Lipinski definition) is 2. The molecule has 0 spiro atoms. The Hall–Kier alpha value is -0.470. The SMILES string of the molecule is COCC1(CNS(=O)(=O)Cc2ccc(Br)cc2)CCCN1. The third-order valence-corrected chi connectivity index (χ3v) is 5.48. The van der Waals surface area contributed by atoms with Crippen LogP contribution in [-0.4, -0.2) is 40.8 Å². The van der Waals surface area contributed by atoms with Gasteiger partial charge in [-0.2, -0.15) is 0 Å². The molecular formula is C14H21BrN2O3S. The molecule has 0 amide bonds. The minimum atomic E-state index is -3.35. The van der Waals surface area contributed by atoms with Crippen molar-refractivity contribution >= 4 is 26.0 Å². The van der Waals surface area contributed by atoms with Crippen molar-refractivity contribution < 1.29 is 13.2 Å². The van der Waals surface area contributed by atoms with Gasteiger partial charge in [-0.15, -0.1) is 0 Å². The van der Waals surface area contributed by atoms with Crippen LogP contribution in [0, 0.1) is 0 Å². The highest BCUT2D eigenvalue weighted by Gasteiger charge is 2.34. The molecule has 0 aliphatic carbocycles. The Morgan fingerprint density at radius 1 is 1.38 bits per heavy atom. The highest BCUT2D eigenvalue weighted by atomic mass is 79.9. The maximum Gasteiger partial charge on any atom is 0.215 e. The summed E-state index contributed by atoms with van der Waals surface area (Å²) in [5, 5.41) is 3.36. The van der Waals surface area contributed by atoms with E-state index < -0.39 is 10.0 Å². The first-order valence-electron chi connectivity index (χ1n) is 6.90. The fourth-order valence-electron chi connectivity index (χ4n) is 2.57. The van der Waals surface area contributed by atoms with Gasteiger partial charge in [-0.25, -0.2) is 13.1 Å². The molecule has 1 unspecified atom stereocenters. The molecule has 2 N–H and O–H groups in total. The van der Waals surface area contributed by atoms with Gasteiger partial charge < -0.3 is 10.1 Å². The van der Waals surface area contributed by atoms with E-state index in [1.807, 2.05) is 24.3 Å². The van der Waals surface area contributed by atoms with E-state index in [0.717, 1.165) is 29.4 Å². The second-order valence-electron chi connectivity index (χ2n) is 5.45. The molecule has 1 aliphatic rings. The third kappa shape index (κ3) is 5.03. The van der Waals surface area contributed by atoms with Crippen molar-refractivity contribution in [2.45, 2.75) is 24.1 Å². The summed E-state index contributed by atoms with van der Waals surface area (Å²) in [7, 11) is -1.72. The summed E-state index contributed by atoms with van der Waals surface area (Å²) >= 11 is 3.34. The molecule has 1 fully saturated rings. The normalized spacial score (nSPS) is 22.6. The van der Waals surface area contributed by atoms with E-state index in [2.05, 4.69) is 26.0 Å². The summed E-state index contributed by atoms with van der Waals surface area (Å²) in [6.45, 7) is 1.77. The summed E-state index contributed by atoms with van der Waals surface area (Å²) in [5.74, 6) is -0.0106. The topological polar surface area (TPSA) is 67.4 Å². The zero-order valence-corrected chi connectivity index (χ0v) is 14.5. The third-order valence-electron chi connectivity index (χ3n) is 3.65. The van der Waals surface area contributed by atoms with Crippen molar-refractivity contribution in [3.8, 4) is 0 Å². The molecule has 7 heteroatoms. The fourth-order valence-corrected chi connectivity index (χ4v) is 4.06. The van der Waals surface area contributed by atoms with Gasteiger partial charge in [0.15, 0.2) is 0 Å². The predicted octanol–water partition coefficient (Wildman–Crippen LogP) is 1.64. The van der Waals surface area contributed by atoms with Gasteiger partial charge in [-0.3, -0.25) is 0 Å². The minimum absolute atomic E-state index is 0.0106. The molecule has 118 valence electrons. The van der Waals surface area contributed by atoms with Gasteiger partial charge in [0.05, 0.1) is 17.9 Å². The summed E-state index contributed by atoms with van der Waals surface area (Å²) < 4.78 is 33.3. The quantitative estimate of drug-likeness (QED) is 0.758. The first-order chi connectivity index (χ1) is 9.95. The van der Waals surface area contributed by atoms with Crippen LogP contribution < -0.4 is 10.0 Å². The summed E-state index contributed by atoms with van der Waals surface area (Å²) in [5.41, 5.74) is 0.493. The van der Waals surface area contributed by atoms with Crippen LogP contribution in [-0.2, 0) is 20.5 Å². The van der Waals surface area contributed by atoms with E-state index in [1.165, 1.54) is 0 Å². The van der Waals surface area contributed by atoms with E-state index in [-0.39, 0.29) is 11.3 Å². The van der Waals surface area contributed by atoms with Gasteiger partial charge in [-0.1, -0.05) is 28.1 Å². The molecule has 21 heavy (non-hydrogen) atoms. The van der Waals surface area contributed by atoms with Gasteiger partial charge in [0.2, 0.25) is 10.0 Å². The van der Waals surface area contributed by atoms with Crippen molar-refractivity contribution in [3.05, 3.63) is 34.3 Å². The number of methoxy groups -OCH3 is 1. The molecule has 0 bridgehead atoms. The van der Waals surface area contributed by atoms with Gasteiger partial charge >= 0.3 is 0 Å². The van der Waals surface area contributed by atoms with E-state index in [9.17, 15) is 8.42 Å².